The maximum atomic E-state index is 12.0. The van der Waals surface area contributed by atoms with Gasteiger partial charge in [0.15, 0.2) is 0 Å². The number of unbranched alkanes of at least 4 members (excludes halogenated alkanes) is 1. The molecule has 2 amide bonds. The lowest BCUT2D eigenvalue weighted by atomic mass is 9.99. The highest BCUT2D eigenvalue weighted by molar-refractivity contribution is 6.05. The molecule has 3 N–H and O–H groups in total. The Balaban J connectivity index is 1.33. The van der Waals surface area contributed by atoms with Gasteiger partial charge in [-0.3, -0.25) is 0 Å². The van der Waals surface area contributed by atoms with Crippen molar-refractivity contribution >= 4 is 28.6 Å². The van der Waals surface area contributed by atoms with Crippen molar-refractivity contribution in [2.75, 3.05) is 23.7 Å². The highest BCUT2D eigenvalue weighted by Gasteiger charge is 2.21. The maximum absolute atomic E-state index is 12.0. The van der Waals surface area contributed by atoms with Crippen LogP contribution in [0, 0.1) is 0 Å². The average Bonchev–Trinajstić information content (AvgIpc) is 3.36. The van der Waals surface area contributed by atoms with Gasteiger partial charge >= 0.3 is 6.03 Å². The van der Waals surface area contributed by atoms with Crippen molar-refractivity contribution in [2.24, 2.45) is 0 Å². The van der Waals surface area contributed by atoms with Crippen LogP contribution in [-0.4, -0.2) is 29.1 Å². The molecule has 0 aliphatic carbocycles. The average molecular weight is 506 g/mol. The summed E-state index contributed by atoms with van der Waals surface area (Å²) in [4.78, 5) is 21.0. The Bertz CT molecular complexity index is 1480. The molecule has 0 bridgehead atoms. The van der Waals surface area contributed by atoms with E-state index in [0.717, 1.165) is 64.2 Å². The van der Waals surface area contributed by atoms with Gasteiger partial charge < -0.3 is 20.4 Å². The number of carbonyl (C=O) groups is 1. The minimum Gasteiger partial charge on any atom is -0.437 e. The van der Waals surface area contributed by atoms with Crippen LogP contribution in [0.4, 0.5) is 16.3 Å². The van der Waals surface area contributed by atoms with E-state index in [2.05, 4.69) is 45.0 Å². The first kappa shape index (κ1) is 25.0. The zero-order chi connectivity index (χ0) is 26.2. The molecule has 0 aliphatic rings. The van der Waals surface area contributed by atoms with Gasteiger partial charge in [-0.05, 0) is 36.1 Å². The van der Waals surface area contributed by atoms with Crippen molar-refractivity contribution in [1.82, 2.24) is 15.3 Å². The van der Waals surface area contributed by atoms with Crippen LogP contribution < -0.4 is 16.0 Å². The molecular formula is C31H31N5O2. The molecule has 0 spiro atoms. The maximum Gasteiger partial charge on any atom is 0.319 e. The summed E-state index contributed by atoms with van der Waals surface area (Å²) in [6.45, 7) is 3.45. The Morgan fingerprint density at radius 3 is 2.26 bits per heavy atom. The molecule has 0 atom stereocenters. The van der Waals surface area contributed by atoms with E-state index in [1.807, 2.05) is 72.8 Å². The number of urea groups is 1. The number of anilines is 2. The van der Waals surface area contributed by atoms with E-state index >= 15 is 0 Å². The van der Waals surface area contributed by atoms with Crippen LogP contribution in [0.3, 0.4) is 0 Å². The number of nitrogens with zero attached hydrogens (tertiary/aromatic N) is 2. The van der Waals surface area contributed by atoms with E-state index in [1.54, 1.807) is 0 Å². The molecule has 2 aromatic heterocycles. The van der Waals surface area contributed by atoms with Crippen molar-refractivity contribution in [3.05, 3.63) is 96.8 Å². The molecule has 192 valence electrons. The standard InChI is InChI=1S/C31H31N5O2/c1-2-3-19-33-31(37)36-25-16-14-22(15-17-25)18-20-32-29-27-26(23-10-6-4-7-11-23)28(24-12-8-5-9-13-24)38-30(27)35-21-34-29/h4-17,21H,2-3,18-20H2,1H3,(H,32,34,35)(H2,33,36,37). The Morgan fingerprint density at radius 1 is 0.842 bits per heavy atom. The number of amides is 2. The smallest absolute Gasteiger partial charge is 0.319 e. The van der Waals surface area contributed by atoms with E-state index in [-0.39, 0.29) is 6.03 Å². The number of benzene rings is 3. The quantitative estimate of drug-likeness (QED) is 0.176. The largest absolute Gasteiger partial charge is 0.437 e. The Hall–Kier alpha value is -4.65. The fraction of sp³-hybridized carbons (Fsp3) is 0.194. The minimum absolute atomic E-state index is 0.176. The van der Waals surface area contributed by atoms with Gasteiger partial charge in [0.1, 0.15) is 17.9 Å². The van der Waals surface area contributed by atoms with Gasteiger partial charge in [-0.2, -0.15) is 0 Å². The Morgan fingerprint density at radius 2 is 1.55 bits per heavy atom. The van der Waals surface area contributed by atoms with Gasteiger partial charge in [-0.25, -0.2) is 14.8 Å². The van der Waals surface area contributed by atoms with E-state index in [0.29, 0.717) is 18.8 Å². The molecular weight excluding hydrogens is 474 g/mol. The molecule has 0 fully saturated rings. The van der Waals surface area contributed by atoms with Crippen LogP contribution in [0.2, 0.25) is 0 Å². The number of furan rings is 1. The van der Waals surface area contributed by atoms with Crippen LogP contribution >= 0.6 is 0 Å². The number of hydrogen-bond acceptors (Lipinski definition) is 5. The summed E-state index contributed by atoms with van der Waals surface area (Å²) in [6, 6.07) is 28.0. The van der Waals surface area contributed by atoms with Crippen molar-refractivity contribution < 1.29 is 9.21 Å². The number of fused-ring (bicyclic) bond motifs is 1. The highest BCUT2D eigenvalue weighted by atomic mass is 16.3. The van der Waals surface area contributed by atoms with E-state index < -0.39 is 0 Å². The molecule has 7 heteroatoms. The van der Waals surface area contributed by atoms with Gasteiger partial charge in [0.25, 0.3) is 0 Å². The van der Waals surface area contributed by atoms with Crippen LogP contribution in [0.5, 0.6) is 0 Å². The van der Waals surface area contributed by atoms with Crippen molar-refractivity contribution in [1.29, 1.82) is 0 Å². The molecule has 3 aromatic carbocycles. The lowest BCUT2D eigenvalue weighted by molar-refractivity contribution is 0.252. The Labute approximate surface area is 222 Å². The molecule has 0 aliphatic heterocycles. The number of aromatic nitrogens is 2. The molecule has 0 radical (unpaired) electrons. The van der Waals surface area contributed by atoms with E-state index in [4.69, 9.17) is 4.42 Å². The van der Waals surface area contributed by atoms with Crippen molar-refractivity contribution in [3.63, 3.8) is 0 Å². The molecule has 0 saturated carbocycles. The number of rotatable bonds is 10. The number of hydrogen-bond donors (Lipinski definition) is 3. The summed E-state index contributed by atoms with van der Waals surface area (Å²) < 4.78 is 6.29. The van der Waals surface area contributed by atoms with E-state index in [9.17, 15) is 4.79 Å². The van der Waals surface area contributed by atoms with Gasteiger partial charge in [-0.1, -0.05) is 86.1 Å². The molecule has 5 aromatic rings. The van der Waals surface area contributed by atoms with Crippen LogP contribution in [-0.2, 0) is 6.42 Å². The van der Waals surface area contributed by atoms with Gasteiger partial charge in [0.2, 0.25) is 5.71 Å². The second-order valence-corrected chi connectivity index (χ2v) is 9.05. The first-order valence-corrected chi connectivity index (χ1v) is 13.0. The molecule has 5 rings (SSSR count). The highest BCUT2D eigenvalue weighted by Crippen LogP contribution is 2.42. The molecule has 0 saturated heterocycles. The van der Waals surface area contributed by atoms with E-state index in [1.165, 1.54) is 6.33 Å². The molecule has 7 nitrogen and oxygen atoms in total. The van der Waals surface area contributed by atoms with Gasteiger partial charge in [0, 0.05) is 29.9 Å². The first-order valence-electron chi connectivity index (χ1n) is 13.0. The third-order valence-electron chi connectivity index (χ3n) is 6.32. The molecule has 2 heterocycles. The number of carbonyl (C=O) groups excluding carboxylic acids is 1. The Kier molecular flexibility index (Phi) is 7.94. The molecule has 0 unspecified atom stereocenters. The first-order chi connectivity index (χ1) is 18.7. The van der Waals surface area contributed by atoms with Crippen molar-refractivity contribution in [2.45, 2.75) is 26.2 Å². The minimum atomic E-state index is -0.176. The topological polar surface area (TPSA) is 92.1 Å². The van der Waals surface area contributed by atoms with Gasteiger partial charge in [0.05, 0.1) is 5.39 Å². The van der Waals surface area contributed by atoms with Crippen LogP contribution in [0.15, 0.2) is 95.7 Å². The summed E-state index contributed by atoms with van der Waals surface area (Å²) in [5.74, 6) is 1.51. The summed E-state index contributed by atoms with van der Waals surface area (Å²) >= 11 is 0. The number of nitrogens with one attached hydrogen (secondary N) is 3. The monoisotopic (exact) mass is 505 g/mol. The zero-order valence-electron chi connectivity index (χ0n) is 21.4. The van der Waals surface area contributed by atoms with Gasteiger partial charge in [-0.15, -0.1) is 0 Å². The summed E-state index contributed by atoms with van der Waals surface area (Å²) in [6.07, 6.45) is 4.34. The predicted molar refractivity (Wildman–Crippen MR) is 153 cm³/mol. The van der Waals surface area contributed by atoms with Crippen molar-refractivity contribution in [3.8, 4) is 22.5 Å². The summed E-state index contributed by atoms with van der Waals surface area (Å²) in [5, 5.41) is 10.1. The second-order valence-electron chi connectivity index (χ2n) is 9.05. The third kappa shape index (κ3) is 5.83. The van der Waals surface area contributed by atoms with Crippen LogP contribution in [0.25, 0.3) is 33.6 Å². The fourth-order valence-corrected chi connectivity index (χ4v) is 4.37. The third-order valence-corrected chi connectivity index (χ3v) is 6.32. The molecule has 38 heavy (non-hydrogen) atoms. The fourth-order valence-electron chi connectivity index (χ4n) is 4.37. The summed E-state index contributed by atoms with van der Waals surface area (Å²) in [5.41, 5.74) is 5.48. The van der Waals surface area contributed by atoms with Crippen LogP contribution in [0.1, 0.15) is 25.3 Å². The lowest BCUT2D eigenvalue weighted by Crippen LogP contribution is -2.29. The lowest BCUT2D eigenvalue weighted by Gasteiger charge is -2.10. The zero-order valence-corrected chi connectivity index (χ0v) is 21.4. The SMILES string of the molecule is CCCCNC(=O)Nc1ccc(CCNc2ncnc3oc(-c4ccccc4)c(-c4ccccc4)c23)cc1. The predicted octanol–water partition coefficient (Wildman–Crippen LogP) is 7.13. The normalized spacial score (nSPS) is 10.9. The second kappa shape index (κ2) is 12.1. The summed E-state index contributed by atoms with van der Waals surface area (Å²) in [7, 11) is 0.